The normalized spacial score (nSPS) is 12.7. The summed E-state index contributed by atoms with van der Waals surface area (Å²) in [4.78, 5) is 4.24. The zero-order chi connectivity index (χ0) is 13.6. The molecular formula is C13H22N4O. The van der Waals surface area contributed by atoms with Gasteiger partial charge in [0.25, 0.3) is 0 Å². The topological polar surface area (TPSA) is 83.5 Å². The molecule has 5 nitrogen and oxygen atoms in total. The molecule has 0 saturated heterocycles. The number of rotatable bonds is 6. The van der Waals surface area contributed by atoms with Gasteiger partial charge in [0.15, 0.2) is 0 Å². The summed E-state index contributed by atoms with van der Waals surface area (Å²) in [5, 5.41) is 15.1. The molecule has 1 aromatic heterocycles. The summed E-state index contributed by atoms with van der Waals surface area (Å²) in [5.74, 6) is 0.265. The fourth-order valence-corrected chi connectivity index (χ4v) is 1.50. The van der Waals surface area contributed by atoms with Crippen LogP contribution in [0.2, 0.25) is 0 Å². The van der Waals surface area contributed by atoms with Gasteiger partial charge in [0.2, 0.25) is 0 Å². The van der Waals surface area contributed by atoms with E-state index in [1.54, 1.807) is 0 Å². The Kier molecular flexibility index (Phi) is 5.09. The number of amidine groups is 1. The first kappa shape index (κ1) is 14.4. The quantitative estimate of drug-likeness (QED) is 0.236. The number of oxime groups is 1. The smallest absolute Gasteiger partial charge is 0.144 e. The first-order chi connectivity index (χ1) is 8.45. The molecule has 0 aliphatic rings. The summed E-state index contributed by atoms with van der Waals surface area (Å²) in [5.41, 5.74) is 7.50. The Morgan fingerprint density at radius 3 is 2.78 bits per heavy atom. The molecule has 0 spiro atoms. The van der Waals surface area contributed by atoms with Crippen molar-refractivity contribution in [3.8, 4) is 0 Å². The lowest BCUT2D eigenvalue weighted by atomic mass is 9.88. The molecule has 0 radical (unpaired) electrons. The van der Waals surface area contributed by atoms with Gasteiger partial charge in [-0.15, -0.1) is 0 Å². The van der Waals surface area contributed by atoms with Gasteiger partial charge in [-0.05, 0) is 31.5 Å². The van der Waals surface area contributed by atoms with Gasteiger partial charge in [-0.1, -0.05) is 25.1 Å². The number of hydrogen-bond acceptors (Lipinski definition) is 4. The van der Waals surface area contributed by atoms with Gasteiger partial charge in [0, 0.05) is 23.9 Å². The van der Waals surface area contributed by atoms with Crippen LogP contribution >= 0.6 is 0 Å². The third-order valence-corrected chi connectivity index (χ3v) is 3.03. The van der Waals surface area contributed by atoms with Crippen LogP contribution in [0.1, 0.15) is 31.5 Å². The van der Waals surface area contributed by atoms with Crippen molar-refractivity contribution in [3.63, 3.8) is 0 Å². The highest BCUT2D eigenvalue weighted by molar-refractivity contribution is 5.85. The Balaban J connectivity index is 2.33. The lowest BCUT2D eigenvalue weighted by Crippen LogP contribution is -2.34. The number of pyridine rings is 1. The zero-order valence-electron chi connectivity index (χ0n) is 11.3. The van der Waals surface area contributed by atoms with E-state index < -0.39 is 0 Å². The zero-order valence-corrected chi connectivity index (χ0v) is 11.3. The second kappa shape index (κ2) is 6.35. The van der Waals surface area contributed by atoms with Gasteiger partial charge < -0.3 is 16.3 Å². The van der Waals surface area contributed by atoms with Gasteiger partial charge >= 0.3 is 0 Å². The molecular weight excluding hydrogens is 228 g/mol. The molecule has 0 aliphatic heterocycles. The number of aromatic nitrogens is 1. The molecule has 0 saturated carbocycles. The van der Waals surface area contributed by atoms with Crippen LogP contribution in [-0.4, -0.2) is 22.6 Å². The van der Waals surface area contributed by atoms with Crippen LogP contribution in [0.4, 0.5) is 0 Å². The Morgan fingerprint density at radius 2 is 2.22 bits per heavy atom. The molecule has 4 N–H and O–H groups in total. The highest BCUT2D eigenvalue weighted by Gasteiger charge is 2.22. The average Bonchev–Trinajstić information content (AvgIpc) is 2.35. The van der Waals surface area contributed by atoms with Gasteiger partial charge in [0.1, 0.15) is 5.84 Å². The van der Waals surface area contributed by atoms with Gasteiger partial charge in [-0.3, -0.25) is 4.98 Å². The lowest BCUT2D eigenvalue weighted by Gasteiger charge is -2.22. The number of aryl methyl sites for hydroxylation is 1. The van der Waals surface area contributed by atoms with Crippen LogP contribution in [0.15, 0.2) is 23.5 Å². The van der Waals surface area contributed by atoms with E-state index in [2.05, 4.69) is 21.5 Å². The molecule has 1 rings (SSSR count). The predicted molar refractivity (Wildman–Crippen MR) is 72.5 cm³/mol. The van der Waals surface area contributed by atoms with E-state index in [1.807, 2.05) is 33.0 Å². The Labute approximate surface area is 108 Å². The maximum Gasteiger partial charge on any atom is 0.144 e. The standard InChI is InChI=1S/C13H22N4O/c1-10-4-5-11(9-16-10)8-15-7-6-13(2,3)12(14)17-18/h4-5,9,15,18H,6-8H2,1-3H3,(H2,14,17). The predicted octanol–water partition coefficient (Wildman–Crippen LogP) is 1.64. The van der Waals surface area contributed by atoms with Gasteiger partial charge in [-0.2, -0.15) is 0 Å². The molecule has 18 heavy (non-hydrogen) atoms. The van der Waals surface area contributed by atoms with Crippen molar-refractivity contribution in [2.75, 3.05) is 6.54 Å². The van der Waals surface area contributed by atoms with Crippen LogP contribution in [-0.2, 0) is 6.54 Å². The molecule has 100 valence electrons. The van der Waals surface area contributed by atoms with E-state index in [4.69, 9.17) is 10.9 Å². The summed E-state index contributed by atoms with van der Waals surface area (Å²) in [6.07, 6.45) is 2.68. The first-order valence-corrected chi connectivity index (χ1v) is 6.06. The molecule has 0 amide bonds. The summed E-state index contributed by atoms with van der Waals surface area (Å²) in [6, 6.07) is 4.06. The van der Waals surface area contributed by atoms with E-state index in [1.165, 1.54) is 0 Å². The molecule has 0 bridgehead atoms. The highest BCUT2D eigenvalue weighted by atomic mass is 16.4. The minimum Gasteiger partial charge on any atom is -0.409 e. The summed E-state index contributed by atoms with van der Waals surface area (Å²) < 4.78 is 0. The van der Waals surface area contributed by atoms with Crippen molar-refractivity contribution >= 4 is 5.84 Å². The monoisotopic (exact) mass is 250 g/mol. The number of hydrogen-bond donors (Lipinski definition) is 3. The fraction of sp³-hybridized carbons (Fsp3) is 0.538. The second-order valence-electron chi connectivity index (χ2n) is 5.10. The van der Waals surface area contributed by atoms with Crippen molar-refractivity contribution in [2.45, 2.75) is 33.7 Å². The SMILES string of the molecule is Cc1ccc(CNCCC(C)(C)C(N)=NO)cn1. The highest BCUT2D eigenvalue weighted by Crippen LogP contribution is 2.19. The van der Waals surface area contributed by atoms with Crippen molar-refractivity contribution in [2.24, 2.45) is 16.3 Å². The average molecular weight is 250 g/mol. The molecule has 0 atom stereocenters. The van der Waals surface area contributed by atoms with E-state index in [9.17, 15) is 0 Å². The van der Waals surface area contributed by atoms with Crippen molar-refractivity contribution in [3.05, 3.63) is 29.6 Å². The summed E-state index contributed by atoms with van der Waals surface area (Å²) >= 11 is 0. The first-order valence-electron chi connectivity index (χ1n) is 6.06. The Hall–Kier alpha value is -1.62. The third kappa shape index (κ3) is 4.33. The number of nitrogens with two attached hydrogens (primary N) is 1. The second-order valence-corrected chi connectivity index (χ2v) is 5.10. The molecule has 5 heteroatoms. The number of nitrogens with zero attached hydrogens (tertiary/aromatic N) is 2. The molecule has 1 heterocycles. The van der Waals surface area contributed by atoms with E-state index in [0.717, 1.165) is 30.8 Å². The largest absolute Gasteiger partial charge is 0.409 e. The maximum atomic E-state index is 8.67. The molecule has 1 aromatic rings. The summed E-state index contributed by atoms with van der Waals surface area (Å²) in [6.45, 7) is 7.46. The van der Waals surface area contributed by atoms with Gasteiger partial charge in [-0.25, -0.2) is 0 Å². The van der Waals surface area contributed by atoms with Crippen LogP contribution in [0.3, 0.4) is 0 Å². The van der Waals surface area contributed by atoms with Crippen LogP contribution in [0.5, 0.6) is 0 Å². The van der Waals surface area contributed by atoms with E-state index in [-0.39, 0.29) is 11.3 Å². The van der Waals surface area contributed by atoms with E-state index in [0.29, 0.717) is 0 Å². The minimum atomic E-state index is -0.298. The van der Waals surface area contributed by atoms with Crippen LogP contribution in [0.25, 0.3) is 0 Å². The molecule has 0 aliphatic carbocycles. The van der Waals surface area contributed by atoms with Crippen molar-refractivity contribution < 1.29 is 5.21 Å². The van der Waals surface area contributed by atoms with Crippen molar-refractivity contribution in [1.29, 1.82) is 0 Å². The summed E-state index contributed by atoms with van der Waals surface area (Å²) in [7, 11) is 0. The minimum absolute atomic E-state index is 0.265. The van der Waals surface area contributed by atoms with Crippen LogP contribution in [0, 0.1) is 12.3 Å². The Bertz CT molecular complexity index is 398. The van der Waals surface area contributed by atoms with Gasteiger partial charge in [0.05, 0.1) is 0 Å². The van der Waals surface area contributed by atoms with Crippen LogP contribution < -0.4 is 11.1 Å². The molecule has 0 fully saturated rings. The lowest BCUT2D eigenvalue weighted by molar-refractivity contribution is 0.305. The third-order valence-electron chi connectivity index (χ3n) is 3.03. The molecule has 0 aromatic carbocycles. The Morgan fingerprint density at radius 1 is 1.50 bits per heavy atom. The molecule has 0 unspecified atom stereocenters. The fourth-order valence-electron chi connectivity index (χ4n) is 1.50. The number of nitrogens with one attached hydrogen (secondary N) is 1. The van der Waals surface area contributed by atoms with E-state index >= 15 is 0 Å². The van der Waals surface area contributed by atoms with Crippen molar-refractivity contribution in [1.82, 2.24) is 10.3 Å². The maximum absolute atomic E-state index is 8.67.